The minimum absolute atomic E-state index is 0.115. The third-order valence-electron chi connectivity index (χ3n) is 5.04. The molecule has 2 bridgehead atoms. The molecule has 0 amide bonds. The van der Waals surface area contributed by atoms with Gasteiger partial charge in [-0.15, -0.1) is 0 Å². The lowest BCUT2D eigenvalue weighted by Crippen LogP contribution is -2.41. The highest BCUT2D eigenvalue weighted by Gasteiger charge is 2.39. The number of hydrogen-bond acceptors (Lipinski definition) is 2. The Bertz CT molecular complexity index is 356. The van der Waals surface area contributed by atoms with E-state index >= 15 is 0 Å². The number of rotatable bonds is 2. The van der Waals surface area contributed by atoms with E-state index in [4.69, 9.17) is 4.74 Å². The standard InChI is InChI=1S/C17H28O2/c1-11(2)15-9-8-14-7-5-6-12(3)17(16(15)10-14)19-13(4)18/h7,11-12,15-17H,5-6,8-10H2,1-4H3/b14-7-. The molecule has 2 heteroatoms. The average molecular weight is 264 g/mol. The lowest BCUT2D eigenvalue weighted by molar-refractivity contribution is -0.155. The second kappa shape index (κ2) is 6.11. The van der Waals surface area contributed by atoms with E-state index in [0.29, 0.717) is 23.7 Å². The van der Waals surface area contributed by atoms with Crippen molar-refractivity contribution in [2.75, 3.05) is 0 Å². The molecule has 0 spiro atoms. The van der Waals surface area contributed by atoms with Gasteiger partial charge in [0, 0.05) is 12.8 Å². The summed E-state index contributed by atoms with van der Waals surface area (Å²) < 4.78 is 5.74. The Morgan fingerprint density at radius 3 is 2.74 bits per heavy atom. The molecule has 0 saturated heterocycles. The Morgan fingerprint density at radius 2 is 2.11 bits per heavy atom. The van der Waals surface area contributed by atoms with Crippen LogP contribution in [0.25, 0.3) is 0 Å². The summed E-state index contributed by atoms with van der Waals surface area (Å²) in [4.78, 5) is 11.5. The summed E-state index contributed by atoms with van der Waals surface area (Å²) in [6, 6.07) is 0. The maximum Gasteiger partial charge on any atom is 0.302 e. The quantitative estimate of drug-likeness (QED) is 0.547. The van der Waals surface area contributed by atoms with E-state index in [1.165, 1.54) is 12.8 Å². The molecule has 1 saturated carbocycles. The number of carbonyl (C=O) groups excluding carboxylic acids is 1. The number of allylic oxidation sites excluding steroid dienone is 2. The molecule has 2 aliphatic carbocycles. The van der Waals surface area contributed by atoms with Crippen LogP contribution in [0.15, 0.2) is 11.6 Å². The zero-order valence-electron chi connectivity index (χ0n) is 12.8. The Kier molecular flexibility index (Phi) is 4.70. The van der Waals surface area contributed by atoms with Crippen LogP contribution in [0.2, 0.25) is 0 Å². The smallest absolute Gasteiger partial charge is 0.302 e. The van der Waals surface area contributed by atoms with E-state index < -0.39 is 0 Å². The summed E-state index contributed by atoms with van der Waals surface area (Å²) in [6.45, 7) is 8.43. The Labute approximate surface area is 117 Å². The molecule has 0 aromatic carbocycles. The Morgan fingerprint density at radius 1 is 1.37 bits per heavy atom. The summed E-state index contributed by atoms with van der Waals surface area (Å²) in [7, 11) is 0. The number of carbonyl (C=O) groups is 1. The fourth-order valence-corrected chi connectivity index (χ4v) is 4.03. The van der Waals surface area contributed by atoms with Gasteiger partial charge in [0.25, 0.3) is 0 Å². The highest BCUT2D eigenvalue weighted by molar-refractivity contribution is 5.66. The summed E-state index contributed by atoms with van der Waals surface area (Å²) in [6.07, 6.45) is 8.51. The molecule has 2 nitrogen and oxygen atoms in total. The minimum atomic E-state index is -0.115. The number of ether oxygens (including phenoxy) is 1. The topological polar surface area (TPSA) is 26.3 Å². The molecule has 4 atom stereocenters. The van der Waals surface area contributed by atoms with E-state index in [-0.39, 0.29) is 12.1 Å². The van der Waals surface area contributed by atoms with Crippen molar-refractivity contribution in [1.29, 1.82) is 0 Å². The van der Waals surface area contributed by atoms with Crippen LogP contribution in [0.5, 0.6) is 0 Å². The minimum Gasteiger partial charge on any atom is -0.462 e. The van der Waals surface area contributed by atoms with Crippen LogP contribution in [-0.4, -0.2) is 12.1 Å². The summed E-state index contributed by atoms with van der Waals surface area (Å²) >= 11 is 0. The van der Waals surface area contributed by atoms with Gasteiger partial charge in [0.05, 0.1) is 0 Å². The first-order chi connectivity index (χ1) is 8.99. The number of hydrogen-bond donors (Lipinski definition) is 0. The molecule has 2 rings (SSSR count). The van der Waals surface area contributed by atoms with E-state index in [1.54, 1.807) is 12.5 Å². The fourth-order valence-electron chi connectivity index (χ4n) is 4.03. The van der Waals surface area contributed by atoms with Gasteiger partial charge in [0.15, 0.2) is 0 Å². The van der Waals surface area contributed by atoms with Crippen molar-refractivity contribution in [2.45, 2.75) is 65.9 Å². The van der Waals surface area contributed by atoms with Crippen LogP contribution in [-0.2, 0) is 9.53 Å². The van der Waals surface area contributed by atoms with Crippen LogP contribution in [0.1, 0.15) is 59.8 Å². The first-order valence-corrected chi connectivity index (χ1v) is 7.84. The van der Waals surface area contributed by atoms with Crippen molar-refractivity contribution < 1.29 is 9.53 Å². The summed E-state index contributed by atoms with van der Waals surface area (Å²) in [5.41, 5.74) is 1.60. The van der Waals surface area contributed by atoms with Gasteiger partial charge in [0.1, 0.15) is 6.10 Å². The van der Waals surface area contributed by atoms with Crippen LogP contribution in [0, 0.1) is 23.7 Å². The molecule has 4 unspecified atom stereocenters. The molecule has 19 heavy (non-hydrogen) atoms. The van der Waals surface area contributed by atoms with Crippen molar-refractivity contribution >= 4 is 5.97 Å². The third kappa shape index (κ3) is 3.40. The Balaban J connectivity index is 2.25. The third-order valence-corrected chi connectivity index (χ3v) is 5.04. The summed E-state index contributed by atoms with van der Waals surface area (Å²) in [5.74, 6) is 2.26. The van der Waals surface area contributed by atoms with Gasteiger partial charge < -0.3 is 4.74 Å². The highest BCUT2D eigenvalue weighted by Crippen LogP contribution is 2.44. The average Bonchev–Trinajstić information content (AvgIpc) is 2.34. The van der Waals surface area contributed by atoms with Gasteiger partial charge in [-0.05, 0) is 49.9 Å². The molecule has 0 N–H and O–H groups in total. The molecule has 108 valence electrons. The highest BCUT2D eigenvalue weighted by atomic mass is 16.5. The van der Waals surface area contributed by atoms with Crippen LogP contribution in [0.4, 0.5) is 0 Å². The second-order valence-corrected chi connectivity index (χ2v) is 6.81. The van der Waals surface area contributed by atoms with Crippen molar-refractivity contribution in [3.8, 4) is 0 Å². The molecule has 0 heterocycles. The fraction of sp³-hybridized carbons (Fsp3) is 0.824. The van der Waals surface area contributed by atoms with Crippen LogP contribution >= 0.6 is 0 Å². The predicted molar refractivity (Wildman–Crippen MR) is 77.7 cm³/mol. The molecule has 1 fully saturated rings. The molecular formula is C17H28O2. The maximum atomic E-state index is 11.5. The van der Waals surface area contributed by atoms with Gasteiger partial charge >= 0.3 is 5.97 Å². The maximum absolute atomic E-state index is 11.5. The zero-order chi connectivity index (χ0) is 14.0. The van der Waals surface area contributed by atoms with E-state index in [9.17, 15) is 4.79 Å². The molecular weight excluding hydrogens is 236 g/mol. The molecule has 2 aliphatic rings. The largest absolute Gasteiger partial charge is 0.462 e. The van der Waals surface area contributed by atoms with Crippen LogP contribution < -0.4 is 0 Å². The molecule has 0 radical (unpaired) electrons. The van der Waals surface area contributed by atoms with Gasteiger partial charge in [-0.2, -0.15) is 0 Å². The first-order valence-electron chi connectivity index (χ1n) is 7.84. The molecule has 0 aromatic rings. The van der Waals surface area contributed by atoms with E-state index in [0.717, 1.165) is 19.3 Å². The number of esters is 1. The summed E-state index contributed by atoms with van der Waals surface area (Å²) in [5, 5.41) is 0. The molecule has 0 aliphatic heterocycles. The lowest BCUT2D eigenvalue weighted by Gasteiger charge is -2.43. The van der Waals surface area contributed by atoms with Gasteiger partial charge in [-0.25, -0.2) is 0 Å². The van der Waals surface area contributed by atoms with Crippen molar-refractivity contribution in [2.24, 2.45) is 23.7 Å². The van der Waals surface area contributed by atoms with Crippen LogP contribution in [0.3, 0.4) is 0 Å². The van der Waals surface area contributed by atoms with Crippen molar-refractivity contribution in [1.82, 2.24) is 0 Å². The van der Waals surface area contributed by atoms with Crippen molar-refractivity contribution in [3.63, 3.8) is 0 Å². The number of fused-ring (bicyclic) bond motifs is 2. The van der Waals surface area contributed by atoms with E-state index in [1.807, 2.05) is 0 Å². The molecule has 0 aromatic heterocycles. The van der Waals surface area contributed by atoms with Gasteiger partial charge in [-0.1, -0.05) is 32.4 Å². The SMILES string of the molecule is CC(=O)OC1C(C)CC/C=C2/CCC(C(C)C)C1C2. The lowest BCUT2D eigenvalue weighted by atomic mass is 9.66. The predicted octanol–water partition coefficient (Wildman–Crippen LogP) is 4.35. The van der Waals surface area contributed by atoms with E-state index in [2.05, 4.69) is 26.8 Å². The second-order valence-electron chi connectivity index (χ2n) is 6.81. The zero-order valence-corrected chi connectivity index (χ0v) is 12.8. The van der Waals surface area contributed by atoms with Gasteiger partial charge in [0.2, 0.25) is 0 Å². The Hall–Kier alpha value is -0.790. The van der Waals surface area contributed by atoms with Gasteiger partial charge in [-0.3, -0.25) is 4.79 Å². The first kappa shape index (κ1) is 14.6. The normalized spacial score (nSPS) is 38.1. The van der Waals surface area contributed by atoms with Crippen molar-refractivity contribution in [3.05, 3.63) is 11.6 Å². The monoisotopic (exact) mass is 264 g/mol.